The standard InChI is InChI=1S/C15H23NS2/c1-4-16-13(6-5-11(2)3)15-9-12-10-17-8-7-14(12)18-15/h9,13,16H,2,4-8,10H2,1,3H3. The van der Waals surface area contributed by atoms with Gasteiger partial charge in [0.25, 0.3) is 0 Å². The summed E-state index contributed by atoms with van der Waals surface area (Å²) in [4.78, 5) is 3.16. The third-order valence-corrected chi connectivity index (χ3v) is 5.66. The van der Waals surface area contributed by atoms with Crippen LogP contribution in [0.5, 0.6) is 0 Å². The summed E-state index contributed by atoms with van der Waals surface area (Å²) in [6.45, 7) is 9.37. The predicted octanol–water partition coefficient (Wildman–Crippen LogP) is 4.54. The first-order valence-electron chi connectivity index (χ1n) is 6.77. The van der Waals surface area contributed by atoms with E-state index >= 15 is 0 Å². The molecule has 0 saturated carbocycles. The van der Waals surface area contributed by atoms with Gasteiger partial charge in [0.05, 0.1) is 0 Å². The highest BCUT2D eigenvalue weighted by molar-refractivity contribution is 7.98. The van der Waals surface area contributed by atoms with Gasteiger partial charge in [-0.2, -0.15) is 11.8 Å². The average Bonchev–Trinajstić information content (AvgIpc) is 2.77. The Morgan fingerprint density at radius 3 is 3.06 bits per heavy atom. The zero-order valence-electron chi connectivity index (χ0n) is 11.4. The Morgan fingerprint density at radius 2 is 2.39 bits per heavy atom. The number of aryl methyl sites for hydroxylation is 1. The molecule has 0 aromatic carbocycles. The first kappa shape index (κ1) is 14.2. The third-order valence-electron chi connectivity index (χ3n) is 3.30. The van der Waals surface area contributed by atoms with Crippen LogP contribution in [0.1, 0.15) is 48.0 Å². The van der Waals surface area contributed by atoms with Crippen LogP contribution in [0.2, 0.25) is 0 Å². The van der Waals surface area contributed by atoms with E-state index in [1.807, 2.05) is 11.3 Å². The van der Waals surface area contributed by atoms with Crippen LogP contribution in [-0.4, -0.2) is 12.3 Å². The van der Waals surface area contributed by atoms with Crippen LogP contribution in [0.4, 0.5) is 0 Å². The SMILES string of the molecule is C=C(C)CCC(NCC)c1cc2c(s1)CCSC2. The van der Waals surface area contributed by atoms with Crippen molar-refractivity contribution in [2.24, 2.45) is 0 Å². The van der Waals surface area contributed by atoms with Crippen molar-refractivity contribution < 1.29 is 0 Å². The number of thioether (sulfide) groups is 1. The summed E-state index contributed by atoms with van der Waals surface area (Å²) in [5.74, 6) is 2.51. The number of hydrogen-bond acceptors (Lipinski definition) is 3. The highest BCUT2D eigenvalue weighted by Crippen LogP contribution is 2.35. The minimum absolute atomic E-state index is 0.521. The quantitative estimate of drug-likeness (QED) is 0.768. The van der Waals surface area contributed by atoms with Gasteiger partial charge in [0.15, 0.2) is 0 Å². The maximum absolute atomic E-state index is 4.02. The van der Waals surface area contributed by atoms with Gasteiger partial charge in [-0.05, 0) is 50.1 Å². The molecule has 18 heavy (non-hydrogen) atoms. The summed E-state index contributed by atoms with van der Waals surface area (Å²) in [5, 5.41) is 3.63. The topological polar surface area (TPSA) is 12.0 Å². The van der Waals surface area contributed by atoms with Gasteiger partial charge in [-0.15, -0.1) is 17.9 Å². The molecular formula is C15H23NS2. The van der Waals surface area contributed by atoms with Crippen molar-refractivity contribution in [3.8, 4) is 0 Å². The van der Waals surface area contributed by atoms with Crippen LogP contribution in [0, 0.1) is 0 Å². The van der Waals surface area contributed by atoms with Gasteiger partial charge in [0.2, 0.25) is 0 Å². The minimum atomic E-state index is 0.521. The summed E-state index contributed by atoms with van der Waals surface area (Å²) in [7, 11) is 0. The largest absolute Gasteiger partial charge is 0.310 e. The Kier molecular flexibility index (Phi) is 5.34. The monoisotopic (exact) mass is 281 g/mol. The molecule has 1 aliphatic rings. The molecule has 1 N–H and O–H groups in total. The van der Waals surface area contributed by atoms with Crippen molar-refractivity contribution >= 4 is 23.1 Å². The lowest BCUT2D eigenvalue weighted by atomic mass is 10.1. The van der Waals surface area contributed by atoms with E-state index in [0.717, 1.165) is 13.0 Å². The Bertz CT molecular complexity index is 385. The van der Waals surface area contributed by atoms with Crippen molar-refractivity contribution in [3.05, 3.63) is 33.5 Å². The van der Waals surface area contributed by atoms with Crippen LogP contribution < -0.4 is 5.32 Å². The number of allylic oxidation sites excluding steroid dienone is 1. The van der Waals surface area contributed by atoms with Crippen LogP contribution in [0.15, 0.2) is 18.2 Å². The van der Waals surface area contributed by atoms with Gasteiger partial charge in [0.1, 0.15) is 0 Å². The molecule has 0 aliphatic carbocycles. The maximum Gasteiger partial charge on any atom is 0.0417 e. The summed E-state index contributed by atoms with van der Waals surface area (Å²) < 4.78 is 0. The van der Waals surface area contributed by atoms with E-state index in [-0.39, 0.29) is 0 Å². The molecule has 3 heteroatoms. The number of nitrogens with one attached hydrogen (secondary N) is 1. The van der Waals surface area contributed by atoms with E-state index in [1.165, 1.54) is 34.8 Å². The highest BCUT2D eigenvalue weighted by Gasteiger charge is 2.18. The third kappa shape index (κ3) is 3.62. The lowest BCUT2D eigenvalue weighted by molar-refractivity contribution is 0.522. The van der Waals surface area contributed by atoms with E-state index in [4.69, 9.17) is 0 Å². The molecule has 1 unspecified atom stereocenters. The van der Waals surface area contributed by atoms with Crippen molar-refractivity contribution in [2.45, 2.75) is 44.9 Å². The lowest BCUT2D eigenvalue weighted by Crippen LogP contribution is -2.19. The van der Waals surface area contributed by atoms with Crippen LogP contribution in [-0.2, 0) is 12.2 Å². The molecule has 1 aromatic rings. The van der Waals surface area contributed by atoms with Crippen LogP contribution in [0.25, 0.3) is 0 Å². The molecule has 0 radical (unpaired) electrons. The molecule has 0 spiro atoms. The summed E-state index contributed by atoms with van der Waals surface area (Å²) in [6.07, 6.45) is 3.56. The first-order valence-corrected chi connectivity index (χ1v) is 8.74. The summed E-state index contributed by atoms with van der Waals surface area (Å²) in [6, 6.07) is 2.96. The van der Waals surface area contributed by atoms with E-state index < -0.39 is 0 Å². The Labute approximate surface area is 119 Å². The van der Waals surface area contributed by atoms with E-state index in [2.05, 4.69) is 43.6 Å². The normalized spacial score (nSPS) is 16.3. The fourth-order valence-electron chi connectivity index (χ4n) is 2.32. The second kappa shape index (κ2) is 6.78. The zero-order valence-corrected chi connectivity index (χ0v) is 13.1. The molecule has 0 bridgehead atoms. The van der Waals surface area contributed by atoms with Gasteiger partial charge in [-0.1, -0.05) is 12.5 Å². The molecule has 2 rings (SSSR count). The molecule has 0 fully saturated rings. The van der Waals surface area contributed by atoms with Gasteiger partial charge < -0.3 is 5.32 Å². The Balaban J connectivity index is 2.09. The van der Waals surface area contributed by atoms with Gasteiger partial charge in [-0.25, -0.2) is 0 Å². The average molecular weight is 281 g/mol. The molecular weight excluding hydrogens is 258 g/mol. The Hall–Kier alpha value is -0.250. The lowest BCUT2D eigenvalue weighted by Gasteiger charge is -2.16. The van der Waals surface area contributed by atoms with Gasteiger partial charge in [0, 0.05) is 21.5 Å². The molecule has 2 heterocycles. The first-order chi connectivity index (χ1) is 8.70. The van der Waals surface area contributed by atoms with E-state index in [1.54, 1.807) is 10.4 Å². The zero-order chi connectivity index (χ0) is 13.0. The van der Waals surface area contributed by atoms with Crippen molar-refractivity contribution in [1.82, 2.24) is 5.32 Å². The molecule has 100 valence electrons. The smallest absolute Gasteiger partial charge is 0.0417 e. The highest BCUT2D eigenvalue weighted by atomic mass is 32.2. The van der Waals surface area contributed by atoms with Crippen LogP contribution >= 0.6 is 23.1 Å². The number of hydrogen-bond donors (Lipinski definition) is 1. The molecule has 0 saturated heterocycles. The fraction of sp³-hybridized carbons (Fsp3) is 0.600. The molecule has 1 aliphatic heterocycles. The second-order valence-electron chi connectivity index (χ2n) is 5.01. The van der Waals surface area contributed by atoms with Crippen molar-refractivity contribution in [1.29, 1.82) is 0 Å². The summed E-state index contributed by atoms with van der Waals surface area (Å²) in [5.41, 5.74) is 2.87. The van der Waals surface area contributed by atoms with Gasteiger partial charge >= 0.3 is 0 Å². The fourth-order valence-corrected chi connectivity index (χ4v) is 4.81. The molecule has 0 amide bonds. The van der Waals surface area contributed by atoms with E-state index in [0.29, 0.717) is 6.04 Å². The summed E-state index contributed by atoms with van der Waals surface area (Å²) >= 11 is 4.10. The predicted molar refractivity (Wildman–Crippen MR) is 84.7 cm³/mol. The molecule has 1 aromatic heterocycles. The second-order valence-corrected chi connectivity index (χ2v) is 7.28. The van der Waals surface area contributed by atoms with E-state index in [9.17, 15) is 0 Å². The number of thiophene rings is 1. The molecule has 1 nitrogen and oxygen atoms in total. The van der Waals surface area contributed by atoms with Crippen molar-refractivity contribution in [3.63, 3.8) is 0 Å². The van der Waals surface area contributed by atoms with Crippen molar-refractivity contribution in [2.75, 3.05) is 12.3 Å². The number of fused-ring (bicyclic) bond motifs is 1. The molecule has 1 atom stereocenters. The number of rotatable bonds is 6. The Morgan fingerprint density at radius 1 is 1.56 bits per heavy atom. The van der Waals surface area contributed by atoms with Crippen LogP contribution in [0.3, 0.4) is 0 Å². The van der Waals surface area contributed by atoms with Gasteiger partial charge in [-0.3, -0.25) is 0 Å². The maximum atomic E-state index is 4.02. The minimum Gasteiger partial charge on any atom is -0.310 e.